The monoisotopic (exact) mass is 355 g/mol. The van der Waals surface area contributed by atoms with E-state index in [4.69, 9.17) is 0 Å². The predicted octanol–water partition coefficient (Wildman–Crippen LogP) is 4.45. The zero-order valence-electron chi connectivity index (χ0n) is 16.8. The van der Waals surface area contributed by atoms with Gasteiger partial charge in [-0.05, 0) is 64.8 Å². The second kappa shape index (κ2) is 8.26. The van der Waals surface area contributed by atoms with Gasteiger partial charge < -0.3 is 9.88 Å². The molecule has 1 aromatic heterocycles. The Morgan fingerprint density at radius 1 is 1.19 bits per heavy atom. The lowest BCUT2D eigenvalue weighted by Gasteiger charge is -2.35. The van der Waals surface area contributed by atoms with Crippen LogP contribution in [0.3, 0.4) is 0 Å². The topological polar surface area (TPSA) is 39.3 Å². The van der Waals surface area contributed by atoms with Crippen LogP contribution in [0.25, 0.3) is 10.9 Å². The number of aromatic nitrogens is 1. The number of rotatable bonds is 6. The van der Waals surface area contributed by atoms with Crippen LogP contribution in [0.1, 0.15) is 57.7 Å². The zero-order chi connectivity index (χ0) is 18.7. The van der Waals surface area contributed by atoms with Crippen molar-refractivity contribution in [1.82, 2.24) is 9.88 Å². The fourth-order valence-corrected chi connectivity index (χ4v) is 4.35. The third-order valence-corrected chi connectivity index (χ3v) is 6.01. The van der Waals surface area contributed by atoms with Crippen molar-refractivity contribution in [3.63, 3.8) is 0 Å². The highest BCUT2D eigenvalue weighted by atomic mass is 16.1. The Labute approximate surface area is 157 Å². The molecule has 0 amide bonds. The van der Waals surface area contributed by atoms with Crippen LogP contribution >= 0.6 is 0 Å². The molecule has 1 N–H and O–H groups in total. The summed E-state index contributed by atoms with van der Waals surface area (Å²) in [7, 11) is 0. The Balaban J connectivity index is 2.01. The molecule has 0 aliphatic carbocycles. The highest BCUT2D eigenvalue weighted by Crippen LogP contribution is 2.24. The van der Waals surface area contributed by atoms with Gasteiger partial charge in [0.25, 0.3) is 0 Å². The van der Waals surface area contributed by atoms with E-state index in [9.17, 15) is 4.79 Å². The van der Waals surface area contributed by atoms with Crippen LogP contribution in [0, 0.1) is 6.92 Å². The van der Waals surface area contributed by atoms with Crippen LogP contribution in [-0.2, 0) is 6.54 Å². The molecule has 0 saturated carbocycles. The summed E-state index contributed by atoms with van der Waals surface area (Å²) in [5.41, 5.74) is 4.23. The summed E-state index contributed by atoms with van der Waals surface area (Å²) in [4.78, 5) is 21.6. The molecule has 2 heterocycles. The molecule has 142 valence electrons. The predicted molar refractivity (Wildman–Crippen MR) is 111 cm³/mol. The van der Waals surface area contributed by atoms with Crippen LogP contribution in [0.4, 0.5) is 5.69 Å². The molecule has 1 aliphatic heterocycles. The van der Waals surface area contributed by atoms with Gasteiger partial charge in [-0.3, -0.25) is 9.69 Å². The number of aryl methyl sites for hydroxylation is 1. The average molecular weight is 356 g/mol. The number of hydrogen-bond acceptors (Lipinski definition) is 3. The normalized spacial score (nSPS) is 18.4. The van der Waals surface area contributed by atoms with Crippen LogP contribution < -0.4 is 10.3 Å². The van der Waals surface area contributed by atoms with E-state index in [0.717, 1.165) is 60.4 Å². The number of aromatic amines is 1. The van der Waals surface area contributed by atoms with E-state index in [1.807, 2.05) is 6.92 Å². The summed E-state index contributed by atoms with van der Waals surface area (Å²) in [5, 5.41) is 0.819. The lowest BCUT2D eigenvalue weighted by atomic mass is 9.98. The maximum Gasteiger partial charge on any atom is 0.194 e. The molecule has 1 aromatic carbocycles. The number of likely N-dealkylation sites (tertiary alicyclic amines) is 1. The summed E-state index contributed by atoms with van der Waals surface area (Å²) >= 11 is 0. The maximum absolute atomic E-state index is 13.3. The number of hydrogen-bond donors (Lipinski definition) is 1. The van der Waals surface area contributed by atoms with E-state index < -0.39 is 0 Å². The Bertz CT molecular complexity index is 807. The van der Waals surface area contributed by atoms with E-state index in [1.165, 1.54) is 19.3 Å². The molecule has 2 aromatic rings. The van der Waals surface area contributed by atoms with Gasteiger partial charge in [-0.1, -0.05) is 13.3 Å². The molecule has 1 saturated heterocycles. The van der Waals surface area contributed by atoms with Crippen molar-refractivity contribution >= 4 is 16.6 Å². The highest BCUT2D eigenvalue weighted by Gasteiger charge is 2.23. The average Bonchev–Trinajstić information content (AvgIpc) is 2.66. The smallest absolute Gasteiger partial charge is 0.194 e. The van der Waals surface area contributed by atoms with Crippen LogP contribution in [0.2, 0.25) is 0 Å². The van der Waals surface area contributed by atoms with Crippen molar-refractivity contribution in [2.24, 2.45) is 0 Å². The van der Waals surface area contributed by atoms with Gasteiger partial charge in [-0.25, -0.2) is 0 Å². The van der Waals surface area contributed by atoms with Crippen molar-refractivity contribution in [2.45, 2.75) is 66.0 Å². The summed E-state index contributed by atoms with van der Waals surface area (Å²) in [6.07, 6.45) is 4.98. The van der Waals surface area contributed by atoms with Crippen molar-refractivity contribution in [2.75, 3.05) is 24.5 Å². The minimum atomic E-state index is 0.200. The van der Waals surface area contributed by atoms with Crippen LogP contribution in [0.5, 0.6) is 0 Å². The second-order valence-corrected chi connectivity index (χ2v) is 7.49. The third kappa shape index (κ3) is 3.66. The van der Waals surface area contributed by atoms with Gasteiger partial charge >= 0.3 is 0 Å². The van der Waals surface area contributed by atoms with E-state index in [1.54, 1.807) is 0 Å². The standard InChI is InChI=1S/C22H33N3O/c1-5-17-10-8-9-13-25(17)15-20-16(4)23-21-12-11-18(24(6-2)7-3)14-19(21)22(20)26/h11-12,14,17H,5-10,13,15H2,1-4H3,(H,23,26)/t17-/m1/s1. The lowest BCUT2D eigenvalue weighted by Crippen LogP contribution is -2.39. The summed E-state index contributed by atoms with van der Waals surface area (Å²) in [6, 6.07) is 6.84. The number of benzene rings is 1. The molecule has 26 heavy (non-hydrogen) atoms. The minimum Gasteiger partial charge on any atom is -0.372 e. The molecule has 1 fully saturated rings. The highest BCUT2D eigenvalue weighted by molar-refractivity contribution is 5.83. The molecule has 1 atom stereocenters. The largest absolute Gasteiger partial charge is 0.372 e. The first-order valence-corrected chi connectivity index (χ1v) is 10.2. The summed E-state index contributed by atoms with van der Waals surface area (Å²) in [5.74, 6) is 0. The number of nitrogens with zero attached hydrogens (tertiary/aromatic N) is 2. The molecule has 0 spiro atoms. The fourth-order valence-electron chi connectivity index (χ4n) is 4.35. The number of fused-ring (bicyclic) bond motifs is 1. The van der Waals surface area contributed by atoms with Crippen molar-refractivity contribution in [3.8, 4) is 0 Å². The van der Waals surface area contributed by atoms with Gasteiger partial charge in [-0.2, -0.15) is 0 Å². The van der Waals surface area contributed by atoms with Gasteiger partial charge in [0.05, 0.1) is 0 Å². The Morgan fingerprint density at radius 3 is 2.65 bits per heavy atom. The minimum absolute atomic E-state index is 0.200. The van der Waals surface area contributed by atoms with E-state index in [-0.39, 0.29) is 5.43 Å². The summed E-state index contributed by atoms with van der Waals surface area (Å²) in [6.45, 7) is 12.4. The molecule has 0 unspecified atom stereocenters. The van der Waals surface area contributed by atoms with Crippen LogP contribution in [0.15, 0.2) is 23.0 Å². The van der Waals surface area contributed by atoms with Gasteiger partial charge in [0.15, 0.2) is 5.43 Å². The van der Waals surface area contributed by atoms with E-state index in [2.05, 4.69) is 53.8 Å². The second-order valence-electron chi connectivity index (χ2n) is 7.49. The number of pyridine rings is 1. The quantitative estimate of drug-likeness (QED) is 0.832. The Kier molecular flexibility index (Phi) is 6.02. The zero-order valence-corrected chi connectivity index (χ0v) is 16.8. The maximum atomic E-state index is 13.3. The number of nitrogens with one attached hydrogen (secondary N) is 1. The first-order valence-electron chi connectivity index (χ1n) is 10.2. The van der Waals surface area contributed by atoms with Gasteiger partial charge in [-0.15, -0.1) is 0 Å². The SMILES string of the molecule is CC[C@@H]1CCCCN1Cc1c(C)[nH]c2ccc(N(CC)CC)cc2c1=O. The Morgan fingerprint density at radius 2 is 1.96 bits per heavy atom. The Hall–Kier alpha value is -1.81. The lowest BCUT2D eigenvalue weighted by molar-refractivity contribution is 0.135. The van der Waals surface area contributed by atoms with Gasteiger partial charge in [0.2, 0.25) is 0 Å². The summed E-state index contributed by atoms with van der Waals surface area (Å²) < 4.78 is 0. The molecule has 0 bridgehead atoms. The van der Waals surface area contributed by atoms with E-state index >= 15 is 0 Å². The molecule has 0 radical (unpaired) electrons. The molecule has 4 heteroatoms. The molecule has 1 aliphatic rings. The number of H-pyrrole nitrogens is 1. The van der Waals surface area contributed by atoms with Crippen LogP contribution in [-0.4, -0.2) is 35.6 Å². The van der Waals surface area contributed by atoms with Crippen molar-refractivity contribution in [3.05, 3.63) is 39.7 Å². The number of anilines is 1. The first kappa shape index (κ1) is 19.0. The molecular formula is C22H33N3O. The molecule has 4 nitrogen and oxygen atoms in total. The van der Waals surface area contributed by atoms with Gasteiger partial charge in [0, 0.05) is 53.5 Å². The van der Waals surface area contributed by atoms with E-state index in [0.29, 0.717) is 6.04 Å². The molecular weight excluding hydrogens is 322 g/mol. The fraction of sp³-hybridized carbons (Fsp3) is 0.591. The van der Waals surface area contributed by atoms with Gasteiger partial charge in [0.1, 0.15) is 0 Å². The first-order chi connectivity index (χ1) is 12.6. The van der Waals surface area contributed by atoms with Crippen molar-refractivity contribution in [1.29, 1.82) is 0 Å². The molecule has 3 rings (SSSR count). The number of piperidine rings is 1. The third-order valence-electron chi connectivity index (χ3n) is 6.01. The van der Waals surface area contributed by atoms with Crippen molar-refractivity contribution < 1.29 is 0 Å².